The molecule has 0 bridgehead atoms. The summed E-state index contributed by atoms with van der Waals surface area (Å²) in [7, 11) is -3.63. The van der Waals surface area contributed by atoms with Crippen molar-refractivity contribution >= 4 is 47.6 Å². The molecule has 0 amide bonds. The number of halogens is 2. The van der Waals surface area contributed by atoms with Crippen molar-refractivity contribution in [3.63, 3.8) is 0 Å². The molecule has 0 aliphatic heterocycles. The van der Waals surface area contributed by atoms with E-state index >= 15 is 0 Å². The molecule has 0 aliphatic rings. The second kappa shape index (κ2) is 8.96. The Hall–Kier alpha value is -0.930. The van der Waals surface area contributed by atoms with Crippen LogP contribution in [0.3, 0.4) is 0 Å². The summed E-state index contributed by atoms with van der Waals surface area (Å²) in [5.74, 6) is 0. The molecule has 0 aromatic heterocycles. The van der Waals surface area contributed by atoms with Crippen molar-refractivity contribution < 1.29 is 13.2 Å². The van der Waals surface area contributed by atoms with Crippen molar-refractivity contribution in [1.29, 1.82) is 0 Å². The van der Waals surface area contributed by atoms with Crippen molar-refractivity contribution in [2.24, 2.45) is 0 Å². The van der Waals surface area contributed by atoms with Crippen molar-refractivity contribution in [3.8, 4) is 0 Å². The normalized spacial score (nSPS) is 11.6. The maximum Gasteiger partial charge on any atom is 0.242 e. The van der Waals surface area contributed by atoms with Gasteiger partial charge in [0.05, 0.1) is 6.61 Å². The molecule has 0 saturated heterocycles. The first-order chi connectivity index (χ1) is 11.4. The fraction of sp³-hybridized carbons (Fsp3) is 0.250. The van der Waals surface area contributed by atoms with E-state index in [2.05, 4.69) is 36.6 Å². The molecule has 2 rings (SSSR count). The molecule has 0 spiro atoms. The van der Waals surface area contributed by atoms with Gasteiger partial charge in [-0.1, -0.05) is 30.3 Å². The molecule has 2 aromatic carbocycles. The largest absolute Gasteiger partial charge is 0.399 e. The quantitative estimate of drug-likeness (QED) is 0.448. The highest BCUT2D eigenvalue weighted by molar-refractivity contribution is 9.11. The van der Waals surface area contributed by atoms with Gasteiger partial charge >= 0.3 is 0 Å². The van der Waals surface area contributed by atoms with Crippen LogP contribution in [0.1, 0.15) is 12.0 Å². The van der Waals surface area contributed by atoms with Crippen molar-refractivity contribution in [3.05, 3.63) is 57.0 Å². The van der Waals surface area contributed by atoms with Crippen LogP contribution in [0.25, 0.3) is 0 Å². The number of nitrogens with one attached hydrogen (secondary N) is 1. The number of sulfonamides is 1. The highest BCUT2D eigenvalue weighted by Crippen LogP contribution is 2.32. The van der Waals surface area contributed by atoms with Crippen LogP contribution in [-0.2, 0) is 21.4 Å². The van der Waals surface area contributed by atoms with Crippen LogP contribution in [-0.4, -0.2) is 21.6 Å². The Morgan fingerprint density at radius 1 is 1.08 bits per heavy atom. The van der Waals surface area contributed by atoms with Crippen LogP contribution < -0.4 is 10.5 Å². The predicted octanol–water partition coefficient (Wildman–Crippen LogP) is 3.68. The van der Waals surface area contributed by atoms with E-state index in [-0.39, 0.29) is 4.90 Å². The third-order valence-electron chi connectivity index (χ3n) is 3.16. The SMILES string of the molecule is Nc1cc(Br)c(S(=O)(=O)NCCCOCc2ccccc2)c(Br)c1. The fourth-order valence-electron chi connectivity index (χ4n) is 2.05. The third-order valence-corrected chi connectivity index (χ3v) is 6.50. The monoisotopic (exact) mass is 476 g/mol. The zero-order chi connectivity index (χ0) is 17.6. The molecule has 24 heavy (non-hydrogen) atoms. The molecule has 0 aliphatic carbocycles. The van der Waals surface area contributed by atoms with Gasteiger partial charge in [-0.2, -0.15) is 0 Å². The average Bonchev–Trinajstić information content (AvgIpc) is 2.50. The second-order valence-electron chi connectivity index (χ2n) is 5.10. The van der Waals surface area contributed by atoms with Gasteiger partial charge in [0.25, 0.3) is 0 Å². The first-order valence-electron chi connectivity index (χ1n) is 7.26. The van der Waals surface area contributed by atoms with E-state index < -0.39 is 10.0 Å². The Kier molecular flexibility index (Phi) is 7.24. The first-order valence-corrected chi connectivity index (χ1v) is 10.3. The number of hydrogen-bond acceptors (Lipinski definition) is 4. The molecule has 130 valence electrons. The minimum absolute atomic E-state index is 0.141. The Bertz CT molecular complexity index is 760. The molecular formula is C16H18Br2N2O3S. The topological polar surface area (TPSA) is 81.4 Å². The average molecular weight is 478 g/mol. The van der Waals surface area contributed by atoms with Gasteiger partial charge in [0, 0.05) is 27.8 Å². The van der Waals surface area contributed by atoms with Crippen LogP contribution >= 0.6 is 31.9 Å². The number of anilines is 1. The maximum atomic E-state index is 12.4. The van der Waals surface area contributed by atoms with E-state index in [1.165, 1.54) is 0 Å². The van der Waals surface area contributed by atoms with Gasteiger partial charge in [-0.25, -0.2) is 13.1 Å². The standard InChI is InChI=1S/C16H18Br2N2O3S/c17-14-9-13(19)10-15(18)16(14)24(21,22)20-7-4-8-23-11-12-5-2-1-3-6-12/h1-3,5-6,9-10,20H,4,7-8,11,19H2. The zero-order valence-electron chi connectivity index (χ0n) is 12.8. The van der Waals surface area contributed by atoms with Crippen molar-refractivity contribution in [2.75, 3.05) is 18.9 Å². The van der Waals surface area contributed by atoms with Crippen molar-refractivity contribution in [1.82, 2.24) is 4.72 Å². The Morgan fingerprint density at radius 3 is 2.33 bits per heavy atom. The lowest BCUT2D eigenvalue weighted by atomic mass is 10.2. The third kappa shape index (κ3) is 5.56. The Labute approximate surface area is 158 Å². The van der Waals surface area contributed by atoms with Gasteiger partial charge in [0.15, 0.2) is 0 Å². The summed E-state index contributed by atoms with van der Waals surface area (Å²) in [4.78, 5) is 0.141. The lowest BCUT2D eigenvalue weighted by Gasteiger charge is -2.11. The number of rotatable bonds is 8. The van der Waals surface area contributed by atoms with E-state index in [9.17, 15) is 8.42 Å². The first kappa shape index (κ1) is 19.4. The number of hydrogen-bond donors (Lipinski definition) is 2. The Balaban J connectivity index is 1.81. The number of ether oxygens (including phenoxy) is 1. The zero-order valence-corrected chi connectivity index (χ0v) is 16.8. The minimum atomic E-state index is -3.63. The van der Waals surface area contributed by atoms with E-state index in [1.54, 1.807) is 12.1 Å². The Morgan fingerprint density at radius 2 is 1.71 bits per heavy atom. The van der Waals surface area contributed by atoms with Gasteiger partial charge < -0.3 is 10.5 Å². The molecule has 3 N–H and O–H groups in total. The molecule has 0 saturated carbocycles. The second-order valence-corrected chi connectivity index (χ2v) is 8.52. The number of nitrogen functional groups attached to an aromatic ring is 1. The van der Waals surface area contributed by atoms with Gasteiger partial charge in [-0.05, 0) is 56.0 Å². The van der Waals surface area contributed by atoms with Crippen LogP contribution in [0.4, 0.5) is 5.69 Å². The molecule has 0 unspecified atom stereocenters. The molecule has 2 aromatic rings. The van der Waals surface area contributed by atoms with Crippen molar-refractivity contribution in [2.45, 2.75) is 17.9 Å². The fourth-order valence-corrected chi connectivity index (χ4v) is 5.74. The van der Waals surface area contributed by atoms with Gasteiger partial charge in [-0.15, -0.1) is 0 Å². The lowest BCUT2D eigenvalue weighted by Crippen LogP contribution is -2.26. The summed E-state index contributed by atoms with van der Waals surface area (Å²) in [6, 6.07) is 12.9. The summed E-state index contributed by atoms with van der Waals surface area (Å²) < 4.78 is 33.7. The van der Waals surface area contributed by atoms with Crippen LogP contribution in [0, 0.1) is 0 Å². The summed E-state index contributed by atoms with van der Waals surface area (Å²) in [5.41, 5.74) is 7.25. The van der Waals surface area contributed by atoms with E-state index in [4.69, 9.17) is 10.5 Å². The summed E-state index contributed by atoms with van der Waals surface area (Å²) in [6.07, 6.45) is 0.580. The minimum Gasteiger partial charge on any atom is -0.399 e. The molecule has 0 heterocycles. The summed E-state index contributed by atoms with van der Waals surface area (Å²) in [6.45, 7) is 1.28. The van der Waals surface area contributed by atoms with Gasteiger partial charge in [0.1, 0.15) is 4.90 Å². The van der Waals surface area contributed by atoms with Gasteiger partial charge in [-0.3, -0.25) is 0 Å². The number of benzene rings is 2. The number of nitrogens with two attached hydrogens (primary N) is 1. The lowest BCUT2D eigenvalue weighted by molar-refractivity contribution is 0.119. The predicted molar refractivity (Wildman–Crippen MR) is 102 cm³/mol. The van der Waals surface area contributed by atoms with Crippen LogP contribution in [0.2, 0.25) is 0 Å². The van der Waals surface area contributed by atoms with Crippen LogP contribution in [0.15, 0.2) is 56.3 Å². The highest BCUT2D eigenvalue weighted by Gasteiger charge is 2.21. The molecule has 0 radical (unpaired) electrons. The highest BCUT2D eigenvalue weighted by atomic mass is 79.9. The molecule has 5 nitrogen and oxygen atoms in total. The molecule has 0 atom stereocenters. The summed E-state index contributed by atoms with van der Waals surface area (Å²) >= 11 is 6.48. The smallest absolute Gasteiger partial charge is 0.242 e. The summed E-state index contributed by atoms with van der Waals surface area (Å²) in [5, 5.41) is 0. The molecular weight excluding hydrogens is 460 g/mol. The van der Waals surface area contributed by atoms with Gasteiger partial charge in [0.2, 0.25) is 10.0 Å². The maximum absolute atomic E-state index is 12.4. The van der Waals surface area contributed by atoms with E-state index in [1.807, 2.05) is 30.3 Å². The van der Waals surface area contributed by atoms with E-state index in [0.29, 0.717) is 40.8 Å². The van der Waals surface area contributed by atoms with E-state index in [0.717, 1.165) is 5.56 Å². The molecule has 8 heteroatoms. The molecule has 0 fully saturated rings. The van der Waals surface area contributed by atoms with Crippen LogP contribution in [0.5, 0.6) is 0 Å².